The van der Waals surface area contributed by atoms with Crippen LogP contribution in [0.5, 0.6) is 0 Å². The first-order valence-electron chi connectivity index (χ1n) is 11.5. The summed E-state index contributed by atoms with van der Waals surface area (Å²) in [6, 6.07) is 18.1. The van der Waals surface area contributed by atoms with Crippen LogP contribution in [0.25, 0.3) is 0 Å². The van der Waals surface area contributed by atoms with Gasteiger partial charge in [0, 0.05) is 17.6 Å². The minimum Gasteiger partial charge on any atom is -0.478 e. The van der Waals surface area contributed by atoms with E-state index in [0.29, 0.717) is 24.4 Å². The molecule has 0 aliphatic rings. The summed E-state index contributed by atoms with van der Waals surface area (Å²) in [5.74, 6) is -1.27. The van der Waals surface area contributed by atoms with Crippen molar-refractivity contribution < 1.29 is 23.4 Å². The average molecular weight is 516 g/mol. The van der Waals surface area contributed by atoms with Crippen LogP contribution in [0, 0.1) is 0 Å². The van der Waals surface area contributed by atoms with Gasteiger partial charge in [0.05, 0.1) is 21.5 Å². The fraction of sp³-hybridized carbons (Fsp3) is 0.296. The Bertz CT molecular complexity index is 1270. The fourth-order valence-corrected chi connectivity index (χ4v) is 5.61. The van der Waals surface area contributed by atoms with Crippen molar-refractivity contribution in [3.63, 3.8) is 0 Å². The molecule has 0 aliphatic carbocycles. The second-order valence-electron chi connectivity index (χ2n) is 8.62. The third-order valence-corrected chi connectivity index (χ3v) is 7.82. The minimum atomic E-state index is -4.00. The van der Waals surface area contributed by atoms with E-state index < -0.39 is 21.9 Å². The number of sulfone groups is 1. The van der Waals surface area contributed by atoms with Crippen LogP contribution >= 0.6 is 11.6 Å². The largest absolute Gasteiger partial charge is 0.478 e. The lowest BCUT2D eigenvalue weighted by atomic mass is 10.1. The van der Waals surface area contributed by atoms with E-state index in [1.165, 1.54) is 24.3 Å². The minimum absolute atomic E-state index is 0.0237. The molecule has 8 heteroatoms. The molecule has 2 atom stereocenters. The molecule has 0 heterocycles. The Morgan fingerprint density at radius 3 is 2.34 bits per heavy atom. The van der Waals surface area contributed by atoms with Gasteiger partial charge in [-0.3, -0.25) is 0 Å². The van der Waals surface area contributed by atoms with Crippen molar-refractivity contribution in [3.8, 4) is 0 Å². The van der Waals surface area contributed by atoms with Crippen LogP contribution in [0.15, 0.2) is 76.5 Å². The number of hydrogen-bond donors (Lipinski definition) is 3. The van der Waals surface area contributed by atoms with Crippen molar-refractivity contribution in [2.75, 3.05) is 6.54 Å². The van der Waals surface area contributed by atoms with E-state index in [9.17, 15) is 23.4 Å². The summed E-state index contributed by atoms with van der Waals surface area (Å²) in [4.78, 5) is 11.5. The molecule has 3 rings (SSSR count). The van der Waals surface area contributed by atoms with Crippen molar-refractivity contribution in [2.45, 2.75) is 55.0 Å². The van der Waals surface area contributed by atoms with Gasteiger partial charge in [-0.1, -0.05) is 55.3 Å². The van der Waals surface area contributed by atoms with Crippen molar-refractivity contribution >= 4 is 27.4 Å². The van der Waals surface area contributed by atoms with Crippen LogP contribution in [0.3, 0.4) is 0 Å². The normalized spacial score (nSPS) is 13.4. The smallest absolute Gasteiger partial charge is 0.337 e. The van der Waals surface area contributed by atoms with Crippen LogP contribution in [0.4, 0.5) is 0 Å². The molecule has 3 aromatic rings. The Labute approximate surface area is 211 Å². The van der Waals surface area contributed by atoms with Gasteiger partial charge in [-0.15, -0.1) is 0 Å². The third-order valence-electron chi connectivity index (χ3n) is 5.77. The van der Waals surface area contributed by atoms with Crippen LogP contribution in [-0.2, 0) is 22.7 Å². The van der Waals surface area contributed by atoms with Gasteiger partial charge < -0.3 is 15.5 Å². The Kier molecular flexibility index (Phi) is 9.08. The quantitative estimate of drug-likeness (QED) is 0.329. The third kappa shape index (κ3) is 6.92. The maximum atomic E-state index is 13.3. The summed E-state index contributed by atoms with van der Waals surface area (Å²) in [6.45, 7) is 4.31. The maximum Gasteiger partial charge on any atom is 0.337 e. The van der Waals surface area contributed by atoms with E-state index in [0.717, 1.165) is 23.1 Å². The Hall–Kier alpha value is -2.71. The molecule has 0 unspecified atom stereocenters. The van der Waals surface area contributed by atoms with E-state index in [-0.39, 0.29) is 21.4 Å². The summed E-state index contributed by atoms with van der Waals surface area (Å²) < 4.78 is 26.5. The number of hydrogen-bond acceptors (Lipinski definition) is 5. The SMILES string of the molecule is CCCc1ccc(C(=O)O)c(S(=O)(=O)c2ccc(C[C@@H](C)NC[C@H](O)c3cccc(Cl)c3)cc2)c1. The number of carboxylic acids is 1. The van der Waals surface area contributed by atoms with Crippen LogP contribution in [0.1, 0.15) is 53.4 Å². The topological polar surface area (TPSA) is 104 Å². The van der Waals surface area contributed by atoms with Gasteiger partial charge in [0.15, 0.2) is 0 Å². The molecule has 0 fully saturated rings. The lowest BCUT2D eigenvalue weighted by Gasteiger charge is -2.18. The zero-order valence-corrected chi connectivity index (χ0v) is 21.3. The predicted molar refractivity (Wildman–Crippen MR) is 137 cm³/mol. The summed E-state index contributed by atoms with van der Waals surface area (Å²) in [5, 5.41) is 23.7. The number of rotatable bonds is 11. The number of carbonyl (C=O) groups is 1. The number of carboxylic acid groups (broad SMARTS) is 1. The first kappa shape index (κ1) is 26.9. The molecule has 0 aliphatic heterocycles. The molecule has 0 aromatic heterocycles. The zero-order chi connectivity index (χ0) is 25.6. The Morgan fingerprint density at radius 2 is 1.71 bits per heavy atom. The number of nitrogens with one attached hydrogen (secondary N) is 1. The molecule has 6 nitrogen and oxygen atoms in total. The highest BCUT2D eigenvalue weighted by atomic mass is 35.5. The van der Waals surface area contributed by atoms with Gasteiger partial charge in [-0.2, -0.15) is 0 Å². The molecule has 186 valence electrons. The lowest BCUT2D eigenvalue weighted by Crippen LogP contribution is -2.32. The number of benzene rings is 3. The summed E-state index contributed by atoms with van der Waals surface area (Å²) in [7, 11) is -4.00. The average Bonchev–Trinajstić information content (AvgIpc) is 2.83. The lowest BCUT2D eigenvalue weighted by molar-refractivity contribution is 0.0692. The molecule has 0 amide bonds. The van der Waals surface area contributed by atoms with E-state index in [1.54, 1.807) is 36.4 Å². The molecule has 0 saturated carbocycles. The standard InChI is InChI=1S/C27H30ClNO5S/c1-3-5-19-10-13-24(27(31)32)26(15-19)35(33,34)23-11-8-20(9-12-23)14-18(2)29-17-25(30)21-6-4-7-22(28)16-21/h4,6-13,15-16,18,25,29-30H,3,5,14,17H2,1-2H3,(H,31,32)/t18-,25+/m1/s1. The monoisotopic (exact) mass is 515 g/mol. The number of aromatic carboxylic acids is 1. The predicted octanol–water partition coefficient (Wildman–Crippen LogP) is 5.08. The van der Waals surface area contributed by atoms with Crippen LogP contribution < -0.4 is 5.32 Å². The molecule has 0 bridgehead atoms. The highest BCUT2D eigenvalue weighted by Gasteiger charge is 2.25. The number of aliphatic hydroxyl groups excluding tert-OH is 1. The fourth-order valence-electron chi connectivity index (χ4n) is 3.91. The molecular weight excluding hydrogens is 486 g/mol. The molecule has 0 spiro atoms. The first-order chi connectivity index (χ1) is 16.6. The van der Waals surface area contributed by atoms with E-state index in [2.05, 4.69) is 5.32 Å². The molecular formula is C27H30ClNO5S. The maximum absolute atomic E-state index is 13.3. The summed E-state index contributed by atoms with van der Waals surface area (Å²) in [6.07, 6.45) is 1.41. The Balaban J connectivity index is 1.70. The van der Waals surface area contributed by atoms with E-state index >= 15 is 0 Å². The van der Waals surface area contributed by atoms with Crippen LogP contribution in [0.2, 0.25) is 5.02 Å². The van der Waals surface area contributed by atoms with Gasteiger partial charge in [0.25, 0.3) is 0 Å². The highest BCUT2D eigenvalue weighted by molar-refractivity contribution is 7.91. The molecule has 3 aromatic carbocycles. The van der Waals surface area contributed by atoms with Gasteiger partial charge in [-0.05, 0) is 72.9 Å². The molecule has 35 heavy (non-hydrogen) atoms. The van der Waals surface area contributed by atoms with Crippen molar-refractivity contribution in [3.05, 3.63) is 94.0 Å². The van der Waals surface area contributed by atoms with E-state index in [4.69, 9.17) is 11.6 Å². The van der Waals surface area contributed by atoms with Crippen LogP contribution in [-0.4, -0.2) is 37.2 Å². The summed E-state index contributed by atoms with van der Waals surface area (Å²) in [5.41, 5.74) is 2.20. The molecule has 0 radical (unpaired) electrons. The van der Waals surface area contributed by atoms with Gasteiger partial charge in [-0.25, -0.2) is 13.2 Å². The van der Waals surface area contributed by atoms with Gasteiger partial charge in [0.1, 0.15) is 0 Å². The number of halogens is 1. The van der Waals surface area contributed by atoms with Gasteiger partial charge in [0.2, 0.25) is 9.84 Å². The number of aliphatic hydroxyl groups is 1. The van der Waals surface area contributed by atoms with E-state index in [1.807, 2.05) is 19.9 Å². The number of aryl methyl sites for hydroxylation is 1. The van der Waals surface area contributed by atoms with Crippen molar-refractivity contribution in [1.82, 2.24) is 5.32 Å². The van der Waals surface area contributed by atoms with Gasteiger partial charge >= 0.3 is 5.97 Å². The van der Waals surface area contributed by atoms with Crippen molar-refractivity contribution in [2.24, 2.45) is 0 Å². The molecule has 3 N–H and O–H groups in total. The van der Waals surface area contributed by atoms with Crippen molar-refractivity contribution in [1.29, 1.82) is 0 Å². The second kappa shape index (κ2) is 11.8. The molecule has 0 saturated heterocycles. The second-order valence-corrected chi connectivity index (χ2v) is 11.0. The highest BCUT2D eigenvalue weighted by Crippen LogP contribution is 2.27. The summed E-state index contributed by atoms with van der Waals surface area (Å²) >= 11 is 5.99. The Morgan fingerprint density at radius 1 is 1.03 bits per heavy atom. The first-order valence-corrected chi connectivity index (χ1v) is 13.3. The zero-order valence-electron chi connectivity index (χ0n) is 19.7.